The van der Waals surface area contributed by atoms with Gasteiger partial charge in [0.2, 0.25) is 5.91 Å². The highest BCUT2D eigenvalue weighted by atomic mass is 32.2. The third kappa shape index (κ3) is 5.51. The number of hydrogen-bond donors (Lipinski definition) is 0. The maximum Gasteiger partial charge on any atom is 0.237 e. The standard InChI is InChI=1S/C22H33N3O5S/c1-29-20-6-3-17(13-21(20)30-2)14-23-8-10-24(11-9-23)15-22(26)25(18-4-5-18)19-7-12-31(27,28)16-19/h3,6,13,18-19H,4-5,7-12,14-16H2,1-2H3/t19-/m0/s1. The Kier molecular flexibility index (Phi) is 6.74. The van der Waals surface area contributed by atoms with Gasteiger partial charge in [0.15, 0.2) is 21.3 Å². The van der Waals surface area contributed by atoms with Gasteiger partial charge in [-0.3, -0.25) is 14.6 Å². The van der Waals surface area contributed by atoms with E-state index in [0.29, 0.717) is 13.0 Å². The van der Waals surface area contributed by atoms with Crippen LogP contribution in [0, 0.1) is 0 Å². The molecular weight excluding hydrogens is 418 g/mol. The minimum atomic E-state index is -2.99. The Morgan fingerprint density at radius 2 is 1.68 bits per heavy atom. The number of ether oxygens (including phenoxy) is 2. The van der Waals surface area contributed by atoms with Crippen molar-refractivity contribution in [3.05, 3.63) is 23.8 Å². The molecule has 4 rings (SSSR count). The number of carbonyl (C=O) groups excluding carboxylic acids is 1. The molecule has 1 aromatic carbocycles. The van der Waals surface area contributed by atoms with Crippen molar-refractivity contribution in [2.24, 2.45) is 0 Å². The number of amides is 1. The van der Waals surface area contributed by atoms with Crippen molar-refractivity contribution in [1.82, 2.24) is 14.7 Å². The molecule has 1 saturated carbocycles. The molecule has 0 bridgehead atoms. The zero-order valence-electron chi connectivity index (χ0n) is 18.5. The average Bonchev–Trinajstić information content (AvgIpc) is 3.51. The van der Waals surface area contributed by atoms with E-state index in [1.165, 1.54) is 5.56 Å². The van der Waals surface area contributed by atoms with E-state index in [0.717, 1.165) is 57.1 Å². The number of benzene rings is 1. The number of hydrogen-bond acceptors (Lipinski definition) is 7. The Balaban J connectivity index is 1.28. The Bertz CT molecular complexity index is 894. The number of methoxy groups -OCH3 is 2. The molecule has 9 heteroatoms. The molecule has 1 aliphatic carbocycles. The summed E-state index contributed by atoms with van der Waals surface area (Å²) >= 11 is 0. The first kappa shape index (κ1) is 22.4. The maximum atomic E-state index is 13.0. The van der Waals surface area contributed by atoms with Crippen LogP contribution in [0.4, 0.5) is 0 Å². The minimum Gasteiger partial charge on any atom is -0.493 e. The predicted octanol–water partition coefficient (Wildman–Crippen LogP) is 1.000. The van der Waals surface area contributed by atoms with E-state index in [9.17, 15) is 13.2 Å². The van der Waals surface area contributed by atoms with Gasteiger partial charge in [-0.2, -0.15) is 0 Å². The summed E-state index contributed by atoms with van der Waals surface area (Å²) in [4.78, 5) is 19.5. The van der Waals surface area contributed by atoms with Gasteiger partial charge in [-0.1, -0.05) is 6.07 Å². The lowest BCUT2D eigenvalue weighted by Crippen LogP contribution is -2.52. The van der Waals surface area contributed by atoms with Crippen molar-refractivity contribution in [3.63, 3.8) is 0 Å². The molecule has 2 heterocycles. The average molecular weight is 452 g/mol. The molecule has 0 unspecified atom stereocenters. The van der Waals surface area contributed by atoms with Crippen molar-refractivity contribution in [2.75, 3.05) is 58.4 Å². The molecule has 0 aromatic heterocycles. The van der Waals surface area contributed by atoms with Crippen LogP contribution in [0.1, 0.15) is 24.8 Å². The van der Waals surface area contributed by atoms with Crippen LogP contribution in [0.25, 0.3) is 0 Å². The summed E-state index contributed by atoms with van der Waals surface area (Å²) in [6, 6.07) is 6.12. The van der Waals surface area contributed by atoms with E-state index in [2.05, 4.69) is 15.9 Å². The molecule has 1 amide bonds. The zero-order chi connectivity index (χ0) is 22.0. The fourth-order valence-electron chi connectivity index (χ4n) is 4.67. The Morgan fingerprint density at radius 3 is 2.26 bits per heavy atom. The number of sulfone groups is 1. The van der Waals surface area contributed by atoms with E-state index < -0.39 is 9.84 Å². The van der Waals surface area contributed by atoms with Crippen LogP contribution in [0.15, 0.2) is 18.2 Å². The highest BCUT2D eigenvalue weighted by Crippen LogP contribution is 2.32. The third-order valence-corrected chi connectivity index (χ3v) is 8.26. The van der Waals surface area contributed by atoms with E-state index in [1.807, 2.05) is 17.0 Å². The summed E-state index contributed by atoms with van der Waals surface area (Å²) in [6.07, 6.45) is 2.59. The third-order valence-electron chi connectivity index (χ3n) is 6.51. The summed E-state index contributed by atoms with van der Waals surface area (Å²) in [6.45, 7) is 4.67. The molecule has 172 valence electrons. The van der Waals surface area contributed by atoms with Crippen molar-refractivity contribution in [1.29, 1.82) is 0 Å². The SMILES string of the molecule is COc1ccc(CN2CCN(CC(=O)N(C3CC3)[C@H]3CCS(=O)(=O)C3)CC2)cc1OC. The predicted molar refractivity (Wildman–Crippen MR) is 118 cm³/mol. The van der Waals surface area contributed by atoms with Gasteiger partial charge >= 0.3 is 0 Å². The first-order valence-corrected chi connectivity index (χ1v) is 12.9. The van der Waals surface area contributed by atoms with Gasteiger partial charge in [-0.15, -0.1) is 0 Å². The van der Waals surface area contributed by atoms with E-state index in [-0.39, 0.29) is 29.5 Å². The molecule has 1 aromatic rings. The van der Waals surface area contributed by atoms with Crippen LogP contribution in [0.2, 0.25) is 0 Å². The summed E-state index contributed by atoms with van der Waals surface area (Å²) < 4.78 is 34.5. The van der Waals surface area contributed by atoms with Crippen molar-refractivity contribution >= 4 is 15.7 Å². The summed E-state index contributed by atoms with van der Waals surface area (Å²) in [5, 5.41) is 0. The van der Waals surface area contributed by atoms with Gasteiger partial charge in [0.25, 0.3) is 0 Å². The zero-order valence-corrected chi connectivity index (χ0v) is 19.3. The lowest BCUT2D eigenvalue weighted by Gasteiger charge is -2.36. The highest BCUT2D eigenvalue weighted by Gasteiger charge is 2.42. The van der Waals surface area contributed by atoms with Crippen molar-refractivity contribution in [2.45, 2.75) is 37.9 Å². The molecule has 3 aliphatic rings. The van der Waals surface area contributed by atoms with Crippen LogP contribution < -0.4 is 9.47 Å². The second-order valence-electron chi connectivity index (χ2n) is 8.83. The second-order valence-corrected chi connectivity index (χ2v) is 11.1. The summed E-state index contributed by atoms with van der Waals surface area (Å²) in [5.74, 6) is 1.90. The number of rotatable bonds is 8. The van der Waals surface area contributed by atoms with Gasteiger partial charge in [0.1, 0.15) is 0 Å². The van der Waals surface area contributed by atoms with Gasteiger partial charge in [0.05, 0.1) is 32.3 Å². The van der Waals surface area contributed by atoms with Gasteiger partial charge in [-0.05, 0) is 37.0 Å². The molecule has 31 heavy (non-hydrogen) atoms. The van der Waals surface area contributed by atoms with Crippen molar-refractivity contribution < 1.29 is 22.7 Å². The first-order chi connectivity index (χ1) is 14.9. The fraction of sp³-hybridized carbons (Fsp3) is 0.682. The Morgan fingerprint density at radius 1 is 1.00 bits per heavy atom. The highest BCUT2D eigenvalue weighted by molar-refractivity contribution is 7.91. The summed E-state index contributed by atoms with van der Waals surface area (Å²) in [5.41, 5.74) is 1.17. The van der Waals surface area contributed by atoms with Crippen LogP contribution in [-0.4, -0.2) is 99.6 Å². The van der Waals surface area contributed by atoms with Crippen LogP contribution >= 0.6 is 0 Å². The van der Waals surface area contributed by atoms with Crippen LogP contribution in [-0.2, 0) is 21.2 Å². The van der Waals surface area contributed by atoms with Gasteiger partial charge in [0, 0.05) is 44.8 Å². The largest absolute Gasteiger partial charge is 0.493 e. The van der Waals surface area contributed by atoms with E-state index >= 15 is 0 Å². The second kappa shape index (κ2) is 9.34. The first-order valence-electron chi connectivity index (χ1n) is 11.1. The Hall–Kier alpha value is -1.84. The smallest absolute Gasteiger partial charge is 0.237 e. The minimum absolute atomic E-state index is 0.0953. The van der Waals surface area contributed by atoms with Crippen LogP contribution in [0.3, 0.4) is 0 Å². The Labute approximate surface area is 185 Å². The maximum absolute atomic E-state index is 13.0. The number of nitrogens with zero attached hydrogens (tertiary/aromatic N) is 3. The fourth-order valence-corrected chi connectivity index (χ4v) is 6.38. The lowest BCUT2D eigenvalue weighted by molar-refractivity contribution is -0.135. The van der Waals surface area contributed by atoms with E-state index in [4.69, 9.17) is 9.47 Å². The quantitative estimate of drug-likeness (QED) is 0.583. The molecule has 3 fully saturated rings. The van der Waals surface area contributed by atoms with Gasteiger partial charge in [-0.25, -0.2) is 8.42 Å². The topological polar surface area (TPSA) is 79.4 Å². The lowest BCUT2D eigenvalue weighted by atomic mass is 10.1. The van der Waals surface area contributed by atoms with Gasteiger partial charge < -0.3 is 14.4 Å². The van der Waals surface area contributed by atoms with E-state index in [1.54, 1.807) is 14.2 Å². The monoisotopic (exact) mass is 451 g/mol. The molecule has 2 aliphatic heterocycles. The molecule has 0 radical (unpaired) electrons. The molecule has 1 atom stereocenters. The molecular formula is C22H33N3O5S. The molecule has 8 nitrogen and oxygen atoms in total. The number of piperazine rings is 1. The number of carbonyl (C=O) groups is 1. The normalized spacial score (nSPS) is 24.1. The molecule has 2 saturated heterocycles. The van der Waals surface area contributed by atoms with Crippen LogP contribution in [0.5, 0.6) is 11.5 Å². The van der Waals surface area contributed by atoms with Crippen molar-refractivity contribution in [3.8, 4) is 11.5 Å². The molecule has 0 N–H and O–H groups in total. The summed E-state index contributed by atoms with van der Waals surface area (Å²) in [7, 11) is 0.285. The molecule has 0 spiro atoms.